The van der Waals surface area contributed by atoms with Crippen molar-refractivity contribution in [1.29, 1.82) is 0 Å². The summed E-state index contributed by atoms with van der Waals surface area (Å²) in [6.45, 7) is 7.88. The van der Waals surface area contributed by atoms with Crippen LogP contribution in [0, 0.1) is 6.92 Å². The normalized spacial score (nSPS) is 16.6. The van der Waals surface area contributed by atoms with Crippen molar-refractivity contribution in [3.8, 4) is 0 Å². The molecule has 3 nitrogen and oxygen atoms in total. The lowest BCUT2D eigenvalue weighted by Gasteiger charge is -2.39. The van der Waals surface area contributed by atoms with Crippen LogP contribution in [0.25, 0.3) is 0 Å². The Morgan fingerprint density at radius 1 is 0.960 bits per heavy atom. The minimum atomic E-state index is 0.252. The van der Waals surface area contributed by atoms with E-state index in [9.17, 15) is 4.79 Å². The fourth-order valence-corrected chi connectivity index (χ4v) is 3.75. The van der Waals surface area contributed by atoms with Gasteiger partial charge in [-0.25, -0.2) is 0 Å². The van der Waals surface area contributed by atoms with E-state index >= 15 is 0 Å². The maximum absolute atomic E-state index is 12.6. The van der Waals surface area contributed by atoms with Gasteiger partial charge in [-0.1, -0.05) is 61.5 Å². The van der Waals surface area contributed by atoms with Crippen molar-refractivity contribution in [3.63, 3.8) is 0 Å². The average molecular weight is 336 g/mol. The van der Waals surface area contributed by atoms with Crippen LogP contribution in [-0.4, -0.2) is 41.9 Å². The number of amides is 1. The van der Waals surface area contributed by atoms with E-state index in [1.165, 1.54) is 11.1 Å². The fourth-order valence-electron chi connectivity index (χ4n) is 3.75. The maximum Gasteiger partial charge on any atom is 0.227 e. The monoisotopic (exact) mass is 336 g/mol. The highest BCUT2D eigenvalue weighted by molar-refractivity contribution is 5.79. The van der Waals surface area contributed by atoms with Gasteiger partial charge in [0.2, 0.25) is 5.91 Å². The predicted octanol–water partition coefficient (Wildman–Crippen LogP) is 3.83. The first-order valence-corrected chi connectivity index (χ1v) is 9.30. The third-order valence-electron chi connectivity index (χ3n) is 5.28. The van der Waals surface area contributed by atoms with Crippen molar-refractivity contribution in [2.75, 3.05) is 26.2 Å². The van der Waals surface area contributed by atoms with E-state index in [1.54, 1.807) is 0 Å². The zero-order valence-electron chi connectivity index (χ0n) is 15.3. The van der Waals surface area contributed by atoms with Crippen molar-refractivity contribution >= 4 is 5.91 Å². The van der Waals surface area contributed by atoms with E-state index in [4.69, 9.17) is 0 Å². The summed E-state index contributed by atoms with van der Waals surface area (Å²) in [6, 6.07) is 19.3. The van der Waals surface area contributed by atoms with Gasteiger partial charge in [-0.2, -0.15) is 0 Å². The molecule has 0 saturated carbocycles. The number of hydrogen-bond acceptors (Lipinski definition) is 2. The minimum Gasteiger partial charge on any atom is -0.340 e. The standard InChI is InChI=1S/C22H28N2O/c1-3-21(19-10-5-4-6-11-19)23-13-15-24(16-14-23)22(25)17-20-12-8-7-9-18(20)2/h4-12,21H,3,13-17H2,1-2H3. The Bertz CT molecular complexity index is 690. The molecule has 25 heavy (non-hydrogen) atoms. The number of nitrogens with zero attached hydrogens (tertiary/aromatic N) is 2. The molecule has 1 aliphatic heterocycles. The molecule has 0 spiro atoms. The molecule has 0 aromatic heterocycles. The quantitative estimate of drug-likeness (QED) is 0.828. The Morgan fingerprint density at radius 2 is 1.60 bits per heavy atom. The van der Waals surface area contributed by atoms with E-state index in [0.717, 1.165) is 38.2 Å². The molecule has 132 valence electrons. The van der Waals surface area contributed by atoms with Crippen LogP contribution in [0.4, 0.5) is 0 Å². The molecule has 3 rings (SSSR count). The molecule has 2 aromatic rings. The third-order valence-corrected chi connectivity index (χ3v) is 5.28. The Morgan fingerprint density at radius 3 is 2.24 bits per heavy atom. The molecule has 1 saturated heterocycles. The summed E-state index contributed by atoms with van der Waals surface area (Å²) in [7, 11) is 0. The molecule has 1 atom stereocenters. The van der Waals surface area contributed by atoms with Gasteiger partial charge in [-0.3, -0.25) is 9.69 Å². The van der Waals surface area contributed by atoms with Crippen molar-refractivity contribution in [2.45, 2.75) is 32.7 Å². The molecule has 0 radical (unpaired) electrons. The Kier molecular flexibility index (Phi) is 5.87. The zero-order chi connectivity index (χ0) is 17.6. The summed E-state index contributed by atoms with van der Waals surface area (Å²) >= 11 is 0. The molecule has 2 aromatic carbocycles. The molecule has 1 aliphatic rings. The summed E-state index contributed by atoms with van der Waals surface area (Å²) in [5, 5.41) is 0. The van der Waals surface area contributed by atoms with Gasteiger partial charge in [-0.05, 0) is 30.0 Å². The predicted molar refractivity (Wildman–Crippen MR) is 103 cm³/mol. The van der Waals surface area contributed by atoms with Crippen LogP contribution in [-0.2, 0) is 11.2 Å². The van der Waals surface area contributed by atoms with Crippen LogP contribution in [0.1, 0.15) is 36.1 Å². The van der Waals surface area contributed by atoms with Gasteiger partial charge in [0.05, 0.1) is 6.42 Å². The van der Waals surface area contributed by atoms with Crippen molar-refractivity contribution < 1.29 is 4.79 Å². The van der Waals surface area contributed by atoms with Gasteiger partial charge in [0.25, 0.3) is 0 Å². The molecule has 1 unspecified atom stereocenters. The molecular formula is C22H28N2O. The van der Waals surface area contributed by atoms with Crippen LogP contribution in [0.15, 0.2) is 54.6 Å². The Hall–Kier alpha value is -2.13. The molecule has 1 heterocycles. The second kappa shape index (κ2) is 8.30. The number of carbonyl (C=O) groups is 1. The topological polar surface area (TPSA) is 23.6 Å². The van der Waals surface area contributed by atoms with Crippen LogP contribution in [0.2, 0.25) is 0 Å². The highest BCUT2D eigenvalue weighted by atomic mass is 16.2. The molecule has 3 heteroatoms. The van der Waals surface area contributed by atoms with Crippen LogP contribution in [0.3, 0.4) is 0 Å². The molecule has 0 aliphatic carbocycles. The summed E-state index contributed by atoms with van der Waals surface area (Å²) < 4.78 is 0. The molecule has 0 bridgehead atoms. The molecule has 0 N–H and O–H groups in total. The number of carbonyl (C=O) groups excluding carboxylic acids is 1. The van der Waals surface area contributed by atoms with Crippen LogP contribution < -0.4 is 0 Å². The van der Waals surface area contributed by atoms with E-state index in [0.29, 0.717) is 12.5 Å². The lowest BCUT2D eigenvalue weighted by Crippen LogP contribution is -2.50. The summed E-state index contributed by atoms with van der Waals surface area (Å²) in [6.07, 6.45) is 1.61. The third kappa shape index (κ3) is 4.29. The molecule has 1 amide bonds. The van der Waals surface area contributed by atoms with Gasteiger partial charge < -0.3 is 4.90 Å². The Balaban J connectivity index is 1.58. The fraction of sp³-hybridized carbons (Fsp3) is 0.409. The van der Waals surface area contributed by atoms with Crippen LogP contribution >= 0.6 is 0 Å². The smallest absolute Gasteiger partial charge is 0.227 e. The highest BCUT2D eigenvalue weighted by Gasteiger charge is 2.26. The van der Waals surface area contributed by atoms with Crippen LogP contribution in [0.5, 0.6) is 0 Å². The lowest BCUT2D eigenvalue weighted by atomic mass is 10.0. The summed E-state index contributed by atoms with van der Waals surface area (Å²) in [5.41, 5.74) is 3.72. The Labute approximate surface area is 151 Å². The van der Waals surface area contributed by atoms with Crippen molar-refractivity contribution in [1.82, 2.24) is 9.80 Å². The highest BCUT2D eigenvalue weighted by Crippen LogP contribution is 2.25. The van der Waals surface area contributed by atoms with Gasteiger partial charge in [0.1, 0.15) is 0 Å². The minimum absolute atomic E-state index is 0.252. The van der Waals surface area contributed by atoms with Gasteiger partial charge in [0, 0.05) is 32.2 Å². The first-order chi connectivity index (χ1) is 12.2. The van der Waals surface area contributed by atoms with Gasteiger partial charge in [-0.15, -0.1) is 0 Å². The number of hydrogen-bond donors (Lipinski definition) is 0. The first kappa shape index (κ1) is 17.7. The maximum atomic E-state index is 12.6. The SMILES string of the molecule is CCC(c1ccccc1)N1CCN(C(=O)Cc2ccccc2C)CC1. The van der Waals surface area contributed by atoms with Crippen molar-refractivity contribution in [3.05, 3.63) is 71.3 Å². The number of aryl methyl sites for hydroxylation is 1. The number of rotatable bonds is 5. The number of piperazine rings is 1. The molecule has 1 fully saturated rings. The van der Waals surface area contributed by atoms with Gasteiger partial charge in [0.15, 0.2) is 0 Å². The zero-order valence-corrected chi connectivity index (χ0v) is 15.3. The summed E-state index contributed by atoms with van der Waals surface area (Å²) in [5.74, 6) is 0.252. The lowest BCUT2D eigenvalue weighted by molar-refractivity contribution is -0.132. The van der Waals surface area contributed by atoms with E-state index < -0.39 is 0 Å². The summed E-state index contributed by atoms with van der Waals surface area (Å²) in [4.78, 5) is 17.2. The van der Waals surface area contributed by atoms with Gasteiger partial charge >= 0.3 is 0 Å². The average Bonchev–Trinajstić information content (AvgIpc) is 2.66. The second-order valence-electron chi connectivity index (χ2n) is 6.85. The largest absolute Gasteiger partial charge is 0.340 e. The first-order valence-electron chi connectivity index (χ1n) is 9.30. The van der Waals surface area contributed by atoms with E-state index in [-0.39, 0.29) is 5.91 Å². The van der Waals surface area contributed by atoms with E-state index in [2.05, 4.69) is 61.2 Å². The van der Waals surface area contributed by atoms with E-state index in [1.807, 2.05) is 17.0 Å². The molecular weight excluding hydrogens is 308 g/mol. The van der Waals surface area contributed by atoms with Crippen molar-refractivity contribution in [2.24, 2.45) is 0 Å². The second-order valence-corrected chi connectivity index (χ2v) is 6.85. The number of benzene rings is 2.